The lowest BCUT2D eigenvalue weighted by molar-refractivity contribution is 0.103. The molecule has 3 N–H and O–H groups in total. The number of pyridine rings is 1. The summed E-state index contributed by atoms with van der Waals surface area (Å²) in [5, 5.41) is 3.74. The van der Waals surface area contributed by atoms with Gasteiger partial charge in [0.25, 0.3) is 5.91 Å². The largest absolute Gasteiger partial charge is 0.492 e. The number of carbonyl (C=O) groups is 1. The van der Waals surface area contributed by atoms with Crippen molar-refractivity contribution in [3.63, 3.8) is 0 Å². The van der Waals surface area contributed by atoms with Crippen LogP contribution in [0.5, 0.6) is 5.75 Å². The van der Waals surface area contributed by atoms with E-state index >= 15 is 0 Å². The van der Waals surface area contributed by atoms with E-state index in [-0.39, 0.29) is 5.91 Å². The third kappa shape index (κ3) is 2.92. The van der Waals surface area contributed by atoms with Crippen LogP contribution >= 0.6 is 11.3 Å². The number of benzene rings is 1. The Kier molecular flexibility index (Phi) is 4.40. The summed E-state index contributed by atoms with van der Waals surface area (Å²) >= 11 is 1.31. The monoisotopic (exact) mass is 341 g/mol. The van der Waals surface area contributed by atoms with E-state index in [0.29, 0.717) is 28.6 Å². The molecule has 0 spiro atoms. The van der Waals surface area contributed by atoms with Gasteiger partial charge in [0.2, 0.25) is 0 Å². The van der Waals surface area contributed by atoms with Gasteiger partial charge in [-0.05, 0) is 44.5 Å². The van der Waals surface area contributed by atoms with Crippen molar-refractivity contribution in [1.29, 1.82) is 0 Å². The highest BCUT2D eigenvalue weighted by Crippen LogP contribution is 2.36. The molecule has 0 unspecified atom stereocenters. The Morgan fingerprint density at radius 2 is 2.08 bits per heavy atom. The normalized spacial score (nSPS) is 10.8. The third-order valence-electron chi connectivity index (χ3n) is 3.67. The van der Waals surface area contributed by atoms with E-state index in [1.165, 1.54) is 11.3 Å². The Morgan fingerprint density at radius 1 is 1.33 bits per heavy atom. The lowest BCUT2D eigenvalue weighted by Crippen LogP contribution is -2.13. The van der Waals surface area contributed by atoms with Crippen molar-refractivity contribution < 1.29 is 9.53 Å². The predicted octanol–water partition coefficient (Wildman–Crippen LogP) is 4.15. The highest BCUT2D eigenvalue weighted by Gasteiger charge is 2.20. The first-order chi connectivity index (χ1) is 11.5. The maximum Gasteiger partial charge on any atom is 0.268 e. The second-order valence-corrected chi connectivity index (χ2v) is 6.49. The van der Waals surface area contributed by atoms with Gasteiger partial charge < -0.3 is 15.8 Å². The van der Waals surface area contributed by atoms with E-state index in [2.05, 4.69) is 10.3 Å². The molecule has 1 amide bonds. The SMILES string of the molecule is CCOc1ccccc1NC(=O)c1sc2nc(C)cc(C)c2c1N. The zero-order valence-corrected chi connectivity index (χ0v) is 14.7. The average Bonchev–Trinajstić information content (AvgIpc) is 2.86. The fourth-order valence-electron chi connectivity index (χ4n) is 2.67. The highest BCUT2D eigenvalue weighted by molar-refractivity contribution is 7.21. The van der Waals surface area contributed by atoms with E-state index in [1.807, 2.05) is 45.0 Å². The van der Waals surface area contributed by atoms with Crippen LogP contribution in [0.3, 0.4) is 0 Å². The summed E-state index contributed by atoms with van der Waals surface area (Å²) in [5.74, 6) is 0.387. The zero-order chi connectivity index (χ0) is 17.3. The van der Waals surface area contributed by atoms with Gasteiger partial charge in [-0.3, -0.25) is 4.79 Å². The van der Waals surface area contributed by atoms with Crippen molar-refractivity contribution in [2.45, 2.75) is 20.8 Å². The summed E-state index contributed by atoms with van der Waals surface area (Å²) in [4.78, 5) is 18.4. The quantitative estimate of drug-likeness (QED) is 0.747. The van der Waals surface area contributed by atoms with Crippen molar-refractivity contribution >= 4 is 38.8 Å². The number of amides is 1. The van der Waals surface area contributed by atoms with E-state index in [1.54, 1.807) is 6.07 Å². The van der Waals surface area contributed by atoms with Crippen LogP contribution in [-0.2, 0) is 0 Å². The molecule has 0 radical (unpaired) electrons. The number of aromatic nitrogens is 1. The van der Waals surface area contributed by atoms with Gasteiger partial charge in [0.15, 0.2) is 0 Å². The number of carbonyl (C=O) groups excluding carboxylic acids is 1. The standard InChI is InChI=1S/C18H19N3O2S/c1-4-23-13-8-6-5-7-12(13)21-17(22)16-15(19)14-10(2)9-11(3)20-18(14)24-16/h5-9H,4,19H2,1-3H3,(H,21,22). The molecule has 24 heavy (non-hydrogen) atoms. The van der Waals surface area contributed by atoms with Crippen LogP contribution in [0, 0.1) is 13.8 Å². The summed E-state index contributed by atoms with van der Waals surface area (Å²) in [7, 11) is 0. The summed E-state index contributed by atoms with van der Waals surface area (Å²) < 4.78 is 5.54. The van der Waals surface area contributed by atoms with Crippen molar-refractivity contribution in [2.24, 2.45) is 0 Å². The first-order valence-electron chi connectivity index (χ1n) is 7.70. The Balaban J connectivity index is 1.98. The molecule has 0 aliphatic carbocycles. The number of para-hydroxylation sites is 2. The summed E-state index contributed by atoms with van der Waals surface area (Å²) in [5.41, 5.74) is 9.26. The molecule has 0 saturated heterocycles. The minimum Gasteiger partial charge on any atom is -0.492 e. The second kappa shape index (κ2) is 6.49. The van der Waals surface area contributed by atoms with Crippen molar-refractivity contribution in [3.05, 3.63) is 46.5 Å². The Hall–Kier alpha value is -2.60. The molecular formula is C18H19N3O2S. The van der Waals surface area contributed by atoms with Gasteiger partial charge >= 0.3 is 0 Å². The molecule has 6 heteroatoms. The van der Waals surface area contributed by atoms with Gasteiger partial charge in [-0.25, -0.2) is 4.98 Å². The number of rotatable bonds is 4. The first-order valence-corrected chi connectivity index (χ1v) is 8.52. The molecule has 3 aromatic rings. The van der Waals surface area contributed by atoms with Crippen LogP contribution < -0.4 is 15.8 Å². The third-order valence-corrected chi connectivity index (χ3v) is 4.76. The number of nitrogens with two attached hydrogens (primary N) is 1. The van der Waals surface area contributed by atoms with Crippen molar-refractivity contribution in [3.8, 4) is 5.75 Å². The fourth-order valence-corrected chi connectivity index (χ4v) is 3.78. The van der Waals surface area contributed by atoms with E-state index in [4.69, 9.17) is 10.5 Å². The van der Waals surface area contributed by atoms with Crippen LogP contribution in [-0.4, -0.2) is 17.5 Å². The van der Waals surface area contributed by atoms with Gasteiger partial charge in [-0.15, -0.1) is 11.3 Å². The molecule has 2 heterocycles. The maximum absolute atomic E-state index is 12.7. The van der Waals surface area contributed by atoms with Crippen LogP contribution in [0.25, 0.3) is 10.2 Å². The number of thiophene rings is 1. The number of nitrogen functional groups attached to an aromatic ring is 1. The van der Waals surface area contributed by atoms with Crippen molar-refractivity contribution in [2.75, 3.05) is 17.7 Å². The van der Waals surface area contributed by atoms with Crippen LogP contribution in [0.1, 0.15) is 27.9 Å². The van der Waals surface area contributed by atoms with Gasteiger partial charge in [-0.2, -0.15) is 0 Å². The molecule has 124 valence electrons. The van der Waals surface area contributed by atoms with Gasteiger partial charge in [0, 0.05) is 11.1 Å². The first kappa shape index (κ1) is 16.3. The fraction of sp³-hybridized carbons (Fsp3) is 0.222. The predicted molar refractivity (Wildman–Crippen MR) is 99.1 cm³/mol. The number of aryl methyl sites for hydroxylation is 2. The molecule has 0 aliphatic rings. The minimum absolute atomic E-state index is 0.250. The Labute approximate surface area is 144 Å². The number of hydrogen-bond donors (Lipinski definition) is 2. The van der Waals surface area contributed by atoms with Crippen LogP contribution in [0.4, 0.5) is 11.4 Å². The summed E-state index contributed by atoms with van der Waals surface area (Å²) in [6.45, 7) is 6.34. The number of nitrogens with one attached hydrogen (secondary N) is 1. The number of nitrogens with zero attached hydrogens (tertiary/aromatic N) is 1. The smallest absolute Gasteiger partial charge is 0.268 e. The molecule has 3 rings (SSSR count). The number of anilines is 2. The topological polar surface area (TPSA) is 77.2 Å². The average molecular weight is 341 g/mol. The number of ether oxygens (including phenoxy) is 1. The molecule has 0 saturated carbocycles. The Bertz CT molecular complexity index is 918. The van der Waals surface area contributed by atoms with E-state index < -0.39 is 0 Å². The maximum atomic E-state index is 12.7. The lowest BCUT2D eigenvalue weighted by Gasteiger charge is -2.10. The van der Waals surface area contributed by atoms with Crippen molar-refractivity contribution in [1.82, 2.24) is 4.98 Å². The van der Waals surface area contributed by atoms with Gasteiger partial charge in [0.05, 0.1) is 18.0 Å². The van der Waals surface area contributed by atoms with E-state index in [9.17, 15) is 4.79 Å². The minimum atomic E-state index is -0.250. The molecule has 1 aromatic carbocycles. The lowest BCUT2D eigenvalue weighted by atomic mass is 10.1. The highest BCUT2D eigenvalue weighted by atomic mass is 32.1. The van der Waals surface area contributed by atoms with Gasteiger partial charge in [0.1, 0.15) is 15.5 Å². The van der Waals surface area contributed by atoms with Crippen LogP contribution in [0.2, 0.25) is 0 Å². The van der Waals surface area contributed by atoms with E-state index in [0.717, 1.165) is 21.5 Å². The van der Waals surface area contributed by atoms with Gasteiger partial charge in [-0.1, -0.05) is 12.1 Å². The van der Waals surface area contributed by atoms with Crippen LogP contribution in [0.15, 0.2) is 30.3 Å². The molecule has 0 atom stereocenters. The molecule has 0 bridgehead atoms. The zero-order valence-electron chi connectivity index (χ0n) is 13.8. The Morgan fingerprint density at radius 3 is 2.83 bits per heavy atom. The summed E-state index contributed by atoms with van der Waals surface area (Å²) in [6, 6.07) is 9.31. The summed E-state index contributed by atoms with van der Waals surface area (Å²) in [6.07, 6.45) is 0. The second-order valence-electron chi connectivity index (χ2n) is 5.49. The number of hydrogen-bond acceptors (Lipinski definition) is 5. The molecule has 0 aliphatic heterocycles. The molecule has 2 aromatic heterocycles. The molecule has 0 fully saturated rings. The molecule has 5 nitrogen and oxygen atoms in total. The number of fused-ring (bicyclic) bond motifs is 1. The molecular weight excluding hydrogens is 322 g/mol.